The van der Waals surface area contributed by atoms with Crippen LogP contribution in [0.4, 0.5) is 10.1 Å². The minimum Gasteiger partial charge on any atom is -0.320 e. The van der Waals surface area contributed by atoms with Crippen LogP contribution in [-0.4, -0.2) is 16.1 Å². The molecule has 1 aromatic heterocycles. The van der Waals surface area contributed by atoms with Gasteiger partial charge in [0.05, 0.1) is 5.69 Å². The Kier molecular flexibility index (Phi) is 3.00. The first-order valence-corrected chi connectivity index (χ1v) is 5.22. The number of amides is 1. The maximum atomic E-state index is 12.8. The van der Waals surface area contributed by atoms with Crippen molar-refractivity contribution in [3.8, 4) is 0 Å². The molecule has 0 saturated heterocycles. The molecule has 0 aliphatic heterocycles. The minimum absolute atomic E-state index is 0.329. The van der Waals surface area contributed by atoms with Gasteiger partial charge in [-0.05, 0) is 40.2 Å². The highest BCUT2D eigenvalue weighted by Crippen LogP contribution is 2.23. The standard InChI is InChI=1S/C10H7BrFN3O/c11-7-5-6(12)1-2-8(7)14-10(16)9-3-4-13-15-9/h1-5H,(H,13,15)(H,14,16). The van der Waals surface area contributed by atoms with Crippen LogP contribution in [0.2, 0.25) is 0 Å². The number of carbonyl (C=O) groups excluding carboxylic acids is 1. The topological polar surface area (TPSA) is 57.8 Å². The van der Waals surface area contributed by atoms with Gasteiger partial charge < -0.3 is 5.32 Å². The third kappa shape index (κ3) is 2.27. The van der Waals surface area contributed by atoms with Crippen molar-refractivity contribution in [3.63, 3.8) is 0 Å². The predicted octanol–water partition coefficient (Wildman–Crippen LogP) is 2.56. The first kappa shape index (κ1) is 10.8. The Morgan fingerprint density at radius 3 is 2.88 bits per heavy atom. The number of H-pyrrole nitrogens is 1. The molecule has 16 heavy (non-hydrogen) atoms. The lowest BCUT2D eigenvalue weighted by Gasteiger charge is -2.05. The van der Waals surface area contributed by atoms with Gasteiger partial charge in [0.25, 0.3) is 5.91 Å². The molecule has 0 saturated carbocycles. The molecule has 0 aliphatic carbocycles. The van der Waals surface area contributed by atoms with Crippen molar-refractivity contribution in [3.05, 3.63) is 46.4 Å². The van der Waals surface area contributed by atoms with Gasteiger partial charge in [-0.25, -0.2) is 4.39 Å². The van der Waals surface area contributed by atoms with Crippen molar-refractivity contribution in [1.82, 2.24) is 10.2 Å². The third-order valence-corrected chi connectivity index (χ3v) is 2.58. The molecule has 4 nitrogen and oxygen atoms in total. The second-order valence-electron chi connectivity index (χ2n) is 3.05. The van der Waals surface area contributed by atoms with Crippen molar-refractivity contribution >= 4 is 27.5 Å². The van der Waals surface area contributed by atoms with E-state index in [-0.39, 0.29) is 11.7 Å². The summed E-state index contributed by atoms with van der Waals surface area (Å²) in [6.45, 7) is 0. The van der Waals surface area contributed by atoms with Crippen molar-refractivity contribution in [2.75, 3.05) is 5.32 Å². The smallest absolute Gasteiger partial charge is 0.273 e. The van der Waals surface area contributed by atoms with Gasteiger partial charge in [-0.3, -0.25) is 9.89 Å². The van der Waals surface area contributed by atoms with Crippen molar-refractivity contribution < 1.29 is 9.18 Å². The van der Waals surface area contributed by atoms with Gasteiger partial charge in [0.2, 0.25) is 0 Å². The molecular formula is C10H7BrFN3O. The van der Waals surface area contributed by atoms with Crippen molar-refractivity contribution in [1.29, 1.82) is 0 Å². The van der Waals surface area contributed by atoms with Gasteiger partial charge in [0.1, 0.15) is 11.5 Å². The van der Waals surface area contributed by atoms with E-state index in [9.17, 15) is 9.18 Å². The van der Waals surface area contributed by atoms with Gasteiger partial charge >= 0.3 is 0 Å². The highest BCUT2D eigenvalue weighted by atomic mass is 79.9. The molecule has 0 spiro atoms. The normalized spacial score (nSPS) is 10.1. The van der Waals surface area contributed by atoms with Crippen LogP contribution in [0, 0.1) is 5.82 Å². The second-order valence-corrected chi connectivity index (χ2v) is 3.90. The number of hydrogen-bond donors (Lipinski definition) is 2. The molecule has 2 aromatic rings. The Labute approximate surface area is 99.0 Å². The van der Waals surface area contributed by atoms with E-state index in [1.165, 1.54) is 24.4 Å². The molecule has 0 fully saturated rings. The van der Waals surface area contributed by atoms with Gasteiger partial charge in [-0.2, -0.15) is 5.10 Å². The molecule has 2 N–H and O–H groups in total. The van der Waals surface area contributed by atoms with Gasteiger partial charge in [0, 0.05) is 10.7 Å². The molecule has 1 heterocycles. The third-order valence-electron chi connectivity index (χ3n) is 1.92. The molecule has 0 aliphatic rings. The largest absolute Gasteiger partial charge is 0.320 e. The Hall–Kier alpha value is -1.69. The Morgan fingerprint density at radius 1 is 1.44 bits per heavy atom. The maximum absolute atomic E-state index is 12.8. The molecule has 0 atom stereocenters. The summed E-state index contributed by atoms with van der Waals surface area (Å²) < 4.78 is 13.3. The summed E-state index contributed by atoms with van der Waals surface area (Å²) in [5.41, 5.74) is 0.845. The minimum atomic E-state index is -0.369. The molecular weight excluding hydrogens is 277 g/mol. The summed E-state index contributed by atoms with van der Waals surface area (Å²) in [7, 11) is 0. The summed E-state index contributed by atoms with van der Waals surface area (Å²) in [6, 6.07) is 5.58. The number of aromatic amines is 1. The van der Waals surface area contributed by atoms with Gasteiger partial charge in [-0.15, -0.1) is 0 Å². The van der Waals surface area contributed by atoms with Gasteiger partial charge in [0.15, 0.2) is 0 Å². The SMILES string of the molecule is O=C(Nc1ccc(F)cc1Br)c1ccn[nH]1. The molecule has 1 amide bonds. The fraction of sp³-hybridized carbons (Fsp3) is 0. The van der Waals surface area contributed by atoms with E-state index in [1.807, 2.05) is 0 Å². The number of nitrogens with zero attached hydrogens (tertiary/aromatic N) is 1. The van der Waals surface area contributed by atoms with Gasteiger partial charge in [-0.1, -0.05) is 0 Å². The van der Waals surface area contributed by atoms with Crippen LogP contribution in [0.15, 0.2) is 34.9 Å². The predicted molar refractivity (Wildman–Crippen MR) is 60.6 cm³/mol. The van der Waals surface area contributed by atoms with Crippen LogP contribution in [0.3, 0.4) is 0 Å². The van der Waals surface area contributed by atoms with Crippen LogP contribution < -0.4 is 5.32 Å². The average molecular weight is 284 g/mol. The van der Waals surface area contributed by atoms with E-state index in [2.05, 4.69) is 31.4 Å². The van der Waals surface area contributed by atoms with Crippen LogP contribution in [0.1, 0.15) is 10.5 Å². The fourth-order valence-corrected chi connectivity index (χ4v) is 1.61. The quantitative estimate of drug-likeness (QED) is 0.890. The number of anilines is 1. The van der Waals surface area contributed by atoms with E-state index in [4.69, 9.17) is 0 Å². The zero-order valence-corrected chi connectivity index (χ0v) is 9.58. The van der Waals surface area contributed by atoms with E-state index in [0.29, 0.717) is 15.9 Å². The van der Waals surface area contributed by atoms with Crippen LogP contribution in [0.25, 0.3) is 0 Å². The molecule has 0 radical (unpaired) electrons. The molecule has 0 bridgehead atoms. The van der Waals surface area contributed by atoms with E-state index in [0.717, 1.165) is 0 Å². The first-order valence-electron chi connectivity index (χ1n) is 4.42. The number of hydrogen-bond acceptors (Lipinski definition) is 2. The molecule has 1 aromatic carbocycles. The highest BCUT2D eigenvalue weighted by molar-refractivity contribution is 9.10. The lowest BCUT2D eigenvalue weighted by atomic mass is 10.3. The Balaban J connectivity index is 2.18. The molecule has 2 rings (SSSR count). The number of carbonyl (C=O) groups is 1. The lowest BCUT2D eigenvalue weighted by Crippen LogP contribution is -2.12. The summed E-state index contributed by atoms with van der Waals surface area (Å²) in [4.78, 5) is 11.6. The Bertz CT molecular complexity index is 513. The molecule has 6 heteroatoms. The number of benzene rings is 1. The van der Waals surface area contributed by atoms with Crippen LogP contribution >= 0.6 is 15.9 Å². The van der Waals surface area contributed by atoms with Crippen molar-refractivity contribution in [2.24, 2.45) is 0 Å². The van der Waals surface area contributed by atoms with Crippen molar-refractivity contribution in [2.45, 2.75) is 0 Å². The monoisotopic (exact) mass is 283 g/mol. The van der Waals surface area contributed by atoms with Crippen LogP contribution in [-0.2, 0) is 0 Å². The van der Waals surface area contributed by atoms with Crippen LogP contribution in [0.5, 0.6) is 0 Å². The highest BCUT2D eigenvalue weighted by Gasteiger charge is 2.09. The number of rotatable bonds is 2. The first-order chi connectivity index (χ1) is 7.66. The zero-order chi connectivity index (χ0) is 11.5. The summed E-state index contributed by atoms with van der Waals surface area (Å²) in [5, 5.41) is 8.82. The number of nitrogens with one attached hydrogen (secondary N) is 2. The average Bonchev–Trinajstić information content (AvgIpc) is 2.75. The summed E-state index contributed by atoms with van der Waals surface area (Å²) in [5.74, 6) is -0.698. The molecule has 0 unspecified atom stereocenters. The second kappa shape index (κ2) is 4.44. The zero-order valence-electron chi connectivity index (χ0n) is 8.00. The van der Waals surface area contributed by atoms with E-state index in [1.54, 1.807) is 6.07 Å². The maximum Gasteiger partial charge on any atom is 0.273 e. The number of aromatic nitrogens is 2. The van der Waals surface area contributed by atoms with E-state index < -0.39 is 0 Å². The number of halogens is 2. The molecule has 82 valence electrons. The summed E-state index contributed by atoms with van der Waals surface area (Å²) >= 11 is 3.16. The lowest BCUT2D eigenvalue weighted by molar-refractivity contribution is 0.102. The van der Waals surface area contributed by atoms with E-state index >= 15 is 0 Å². The Morgan fingerprint density at radius 2 is 2.25 bits per heavy atom. The fourth-order valence-electron chi connectivity index (χ4n) is 1.16. The summed E-state index contributed by atoms with van der Waals surface area (Å²) in [6.07, 6.45) is 1.48.